The van der Waals surface area contributed by atoms with E-state index in [9.17, 15) is 4.79 Å². The molecule has 3 aliphatic heterocycles. The molecule has 2 saturated heterocycles. The van der Waals surface area contributed by atoms with Gasteiger partial charge in [0, 0.05) is 25.8 Å². The smallest absolute Gasteiger partial charge is 0.229 e. The number of piperidine rings is 1. The number of hydrogen-bond donors (Lipinski definition) is 0. The lowest BCUT2D eigenvalue weighted by atomic mass is 9.87. The molecule has 3 heterocycles. The van der Waals surface area contributed by atoms with E-state index in [4.69, 9.17) is 14.2 Å². The second-order valence-electron chi connectivity index (χ2n) is 7.15. The molecule has 3 aliphatic rings. The van der Waals surface area contributed by atoms with E-state index in [0.29, 0.717) is 6.61 Å². The summed E-state index contributed by atoms with van der Waals surface area (Å²) in [5.41, 5.74) is 1.15. The van der Waals surface area contributed by atoms with Crippen molar-refractivity contribution in [3.05, 3.63) is 23.8 Å². The number of likely N-dealkylation sites (tertiary alicyclic amines) is 1. The molecule has 1 spiro atoms. The normalized spacial score (nSPS) is 25.2. The van der Waals surface area contributed by atoms with Gasteiger partial charge < -0.3 is 19.1 Å². The van der Waals surface area contributed by atoms with E-state index in [1.54, 1.807) is 7.11 Å². The lowest BCUT2D eigenvalue weighted by molar-refractivity contribution is -0.141. The predicted octanol–water partition coefficient (Wildman–Crippen LogP) is 2.42. The highest BCUT2D eigenvalue weighted by Crippen LogP contribution is 2.37. The van der Waals surface area contributed by atoms with Crippen LogP contribution >= 0.6 is 0 Å². The van der Waals surface area contributed by atoms with E-state index in [2.05, 4.69) is 0 Å². The largest absolute Gasteiger partial charge is 0.497 e. The van der Waals surface area contributed by atoms with Gasteiger partial charge in [-0.1, -0.05) is 6.07 Å². The Morgan fingerprint density at radius 1 is 1.29 bits per heavy atom. The summed E-state index contributed by atoms with van der Waals surface area (Å²) in [6, 6.07) is 5.83. The van der Waals surface area contributed by atoms with Crippen LogP contribution in [0.1, 0.15) is 31.2 Å². The number of rotatable bonds is 2. The van der Waals surface area contributed by atoms with Crippen molar-refractivity contribution in [2.45, 2.75) is 37.7 Å². The van der Waals surface area contributed by atoms with Gasteiger partial charge in [-0.15, -0.1) is 0 Å². The third-order valence-corrected chi connectivity index (χ3v) is 5.70. The van der Waals surface area contributed by atoms with Crippen molar-refractivity contribution < 1.29 is 19.0 Å². The second-order valence-corrected chi connectivity index (χ2v) is 7.15. The topological polar surface area (TPSA) is 48.0 Å². The van der Waals surface area contributed by atoms with Crippen molar-refractivity contribution >= 4 is 5.91 Å². The SMILES string of the molecule is COc1ccc2c(c1)OC[C@H](C(=O)N1CCC3(CCCO3)CC1)C2. The quantitative estimate of drug-likeness (QED) is 0.835. The van der Waals surface area contributed by atoms with Gasteiger partial charge in [0.15, 0.2) is 0 Å². The molecule has 0 radical (unpaired) electrons. The van der Waals surface area contributed by atoms with Crippen LogP contribution in [0.15, 0.2) is 18.2 Å². The van der Waals surface area contributed by atoms with Crippen LogP contribution in [0.25, 0.3) is 0 Å². The lowest BCUT2D eigenvalue weighted by Crippen LogP contribution is -2.49. The van der Waals surface area contributed by atoms with Gasteiger partial charge in [0.05, 0.1) is 18.6 Å². The monoisotopic (exact) mass is 331 g/mol. The first-order valence-electron chi connectivity index (χ1n) is 8.92. The van der Waals surface area contributed by atoms with E-state index in [1.165, 1.54) is 0 Å². The first kappa shape index (κ1) is 15.8. The van der Waals surface area contributed by atoms with Crippen LogP contribution in [0.3, 0.4) is 0 Å². The number of carbonyl (C=O) groups excluding carboxylic acids is 1. The number of fused-ring (bicyclic) bond motifs is 1. The maximum atomic E-state index is 12.9. The maximum absolute atomic E-state index is 12.9. The Bertz CT molecular complexity index is 614. The van der Waals surface area contributed by atoms with Gasteiger partial charge in [0.2, 0.25) is 5.91 Å². The minimum absolute atomic E-state index is 0.0585. The van der Waals surface area contributed by atoms with Gasteiger partial charge >= 0.3 is 0 Å². The van der Waals surface area contributed by atoms with Gasteiger partial charge in [-0.3, -0.25) is 4.79 Å². The van der Waals surface area contributed by atoms with E-state index in [1.807, 2.05) is 23.1 Å². The van der Waals surface area contributed by atoms with Crippen LogP contribution in [0.2, 0.25) is 0 Å². The molecule has 0 aliphatic carbocycles. The predicted molar refractivity (Wildman–Crippen MR) is 89.4 cm³/mol. The van der Waals surface area contributed by atoms with Gasteiger partial charge in [0.25, 0.3) is 0 Å². The molecule has 1 aromatic rings. The number of nitrogens with zero attached hydrogens (tertiary/aromatic N) is 1. The first-order valence-corrected chi connectivity index (χ1v) is 8.92. The highest BCUT2D eigenvalue weighted by atomic mass is 16.5. The van der Waals surface area contributed by atoms with Crippen molar-refractivity contribution in [3.63, 3.8) is 0 Å². The van der Waals surface area contributed by atoms with Gasteiger partial charge in [-0.2, -0.15) is 0 Å². The average molecular weight is 331 g/mol. The summed E-state index contributed by atoms with van der Waals surface area (Å²) in [6.45, 7) is 2.96. The summed E-state index contributed by atoms with van der Waals surface area (Å²) in [5, 5.41) is 0. The number of hydrogen-bond acceptors (Lipinski definition) is 4. The van der Waals surface area contributed by atoms with Crippen molar-refractivity contribution in [3.8, 4) is 11.5 Å². The summed E-state index contributed by atoms with van der Waals surface area (Å²) >= 11 is 0. The summed E-state index contributed by atoms with van der Waals surface area (Å²) in [7, 11) is 1.65. The summed E-state index contributed by atoms with van der Waals surface area (Å²) in [4.78, 5) is 14.9. The molecule has 130 valence electrons. The van der Waals surface area contributed by atoms with E-state index < -0.39 is 0 Å². The summed E-state index contributed by atoms with van der Waals surface area (Å²) in [6.07, 6.45) is 5.00. The van der Waals surface area contributed by atoms with Crippen molar-refractivity contribution in [2.24, 2.45) is 5.92 Å². The van der Waals surface area contributed by atoms with Crippen LogP contribution in [-0.4, -0.2) is 49.8 Å². The number of methoxy groups -OCH3 is 1. The number of carbonyl (C=O) groups is 1. The van der Waals surface area contributed by atoms with E-state index in [-0.39, 0.29) is 17.4 Å². The minimum Gasteiger partial charge on any atom is -0.497 e. The van der Waals surface area contributed by atoms with E-state index in [0.717, 1.165) is 68.9 Å². The van der Waals surface area contributed by atoms with E-state index >= 15 is 0 Å². The molecule has 1 aromatic carbocycles. The van der Waals surface area contributed by atoms with Gasteiger partial charge in [0.1, 0.15) is 18.1 Å². The molecule has 5 heteroatoms. The molecule has 0 N–H and O–H groups in total. The average Bonchev–Trinajstić information content (AvgIpc) is 3.09. The third kappa shape index (κ3) is 2.86. The fourth-order valence-electron chi connectivity index (χ4n) is 4.18. The molecule has 2 fully saturated rings. The second kappa shape index (κ2) is 6.28. The lowest BCUT2D eigenvalue weighted by Gasteiger charge is -2.40. The Morgan fingerprint density at radius 2 is 2.12 bits per heavy atom. The molecule has 0 bridgehead atoms. The van der Waals surface area contributed by atoms with Crippen LogP contribution in [0.4, 0.5) is 0 Å². The molecule has 0 unspecified atom stereocenters. The zero-order valence-corrected chi connectivity index (χ0v) is 14.3. The minimum atomic E-state index is -0.0792. The Morgan fingerprint density at radius 3 is 2.83 bits per heavy atom. The molecular formula is C19H25NO4. The zero-order chi connectivity index (χ0) is 16.6. The van der Waals surface area contributed by atoms with Crippen LogP contribution in [0.5, 0.6) is 11.5 Å². The molecule has 24 heavy (non-hydrogen) atoms. The van der Waals surface area contributed by atoms with Crippen molar-refractivity contribution in [1.82, 2.24) is 4.90 Å². The van der Waals surface area contributed by atoms with Crippen LogP contribution < -0.4 is 9.47 Å². The molecule has 0 aromatic heterocycles. The van der Waals surface area contributed by atoms with Crippen molar-refractivity contribution in [2.75, 3.05) is 33.4 Å². The Kier molecular flexibility index (Phi) is 4.12. The maximum Gasteiger partial charge on any atom is 0.229 e. The third-order valence-electron chi connectivity index (χ3n) is 5.70. The number of ether oxygens (including phenoxy) is 3. The van der Waals surface area contributed by atoms with Gasteiger partial charge in [-0.25, -0.2) is 0 Å². The highest BCUT2D eigenvalue weighted by Gasteiger charge is 2.40. The Balaban J connectivity index is 1.39. The summed E-state index contributed by atoms with van der Waals surface area (Å²) in [5.74, 6) is 1.78. The van der Waals surface area contributed by atoms with Crippen LogP contribution in [0, 0.1) is 5.92 Å². The molecule has 4 rings (SSSR count). The van der Waals surface area contributed by atoms with Crippen LogP contribution in [-0.2, 0) is 16.0 Å². The summed E-state index contributed by atoms with van der Waals surface area (Å²) < 4.78 is 17.0. The molecule has 0 saturated carbocycles. The molecule has 1 amide bonds. The molecule has 5 nitrogen and oxygen atoms in total. The standard InChI is InChI=1S/C19H25NO4/c1-22-16-4-3-14-11-15(13-23-17(14)12-16)18(21)20-8-6-19(7-9-20)5-2-10-24-19/h3-4,12,15H,2,5-11,13H2,1H3/t15-/m1/s1. The zero-order valence-electron chi connectivity index (χ0n) is 14.3. The fraction of sp³-hybridized carbons (Fsp3) is 0.632. The highest BCUT2D eigenvalue weighted by molar-refractivity contribution is 5.80. The van der Waals surface area contributed by atoms with Gasteiger partial charge in [-0.05, 0) is 43.7 Å². The Hall–Kier alpha value is -1.75. The molecular weight excluding hydrogens is 306 g/mol. The number of amides is 1. The fourth-order valence-corrected chi connectivity index (χ4v) is 4.18. The first-order chi connectivity index (χ1) is 11.7. The Labute approximate surface area is 142 Å². The molecule has 1 atom stereocenters. The van der Waals surface area contributed by atoms with Crippen molar-refractivity contribution in [1.29, 1.82) is 0 Å². The number of benzene rings is 1.